The van der Waals surface area contributed by atoms with E-state index in [0.717, 1.165) is 24.2 Å². The van der Waals surface area contributed by atoms with Gasteiger partial charge in [0.1, 0.15) is 11.6 Å². The van der Waals surface area contributed by atoms with Gasteiger partial charge < -0.3 is 5.32 Å². The lowest BCUT2D eigenvalue weighted by atomic mass is 10.1. The molecule has 0 radical (unpaired) electrons. The van der Waals surface area contributed by atoms with Crippen LogP contribution in [-0.4, -0.2) is 27.6 Å². The second-order valence-electron chi connectivity index (χ2n) is 4.95. The standard InChI is InChI=1S/C14H15FN4O/c15-11-3-1-2-9(8-11)6-7-16-14(20)13-17-12(18-19-13)10-4-5-10/h1-3,8,10H,4-7H2,(H,16,20)(H,17,18,19). The fourth-order valence-electron chi connectivity index (χ4n) is 2.01. The van der Waals surface area contributed by atoms with Crippen LogP contribution in [-0.2, 0) is 6.42 Å². The van der Waals surface area contributed by atoms with Crippen LogP contribution in [0.2, 0.25) is 0 Å². The monoisotopic (exact) mass is 274 g/mol. The maximum absolute atomic E-state index is 13.0. The highest BCUT2D eigenvalue weighted by Gasteiger charge is 2.28. The summed E-state index contributed by atoms with van der Waals surface area (Å²) in [5.74, 6) is 0.837. The number of carbonyl (C=O) groups is 1. The highest BCUT2D eigenvalue weighted by atomic mass is 19.1. The molecule has 20 heavy (non-hydrogen) atoms. The van der Waals surface area contributed by atoms with Gasteiger partial charge in [0.15, 0.2) is 0 Å². The molecule has 0 saturated heterocycles. The third kappa shape index (κ3) is 3.01. The van der Waals surface area contributed by atoms with Crippen molar-refractivity contribution < 1.29 is 9.18 Å². The molecule has 2 aromatic rings. The summed E-state index contributed by atoms with van der Waals surface area (Å²) in [4.78, 5) is 16.0. The molecule has 3 rings (SSSR count). The van der Waals surface area contributed by atoms with Gasteiger partial charge in [-0.3, -0.25) is 9.89 Å². The molecule has 104 valence electrons. The molecule has 2 N–H and O–H groups in total. The van der Waals surface area contributed by atoms with Crippen molar-refractivity contribution in [2.45, 2.75) is 25.2 Å². The minimum atomic E-state index is -0.301. The molecule has 1 aliphatic carbocycles. The fourth-order valence-corrected chi connectivity index (χ4v) is 2.01. The summed E-state index contributed by atoms with van der Waals surface area (Å²) in [6.07, 6.45) is 2.79. The molecule has 0 unspecified atom stereocenters. The molecule has 1 amide bonds. The number of H-pyrrole nitrogens is 1. The van der Waals surface area contributed by atoms with Gasteiger partial charge in [-0.2, -0.15) is 0 Å². The number of benzene rings is 1. The van der Waals surface area contributed by atoms with E-state index in [1.807, 2.05) is 6.07 Å². The van der Waals surface area contributed by atoms with Gasteiger partial charge in [0.2, 0.25) is 5.82 Å². The van der Waals surface area contributed by atoms with Gasteiger partial charge >= 0.3 is 0 Å². The number of nitrogens with zero attached hydrogens (tertiary/aromatic N) is 2. The Morgan fingerprint density at radius 2 is 2.30 bits per heavy atom. The number of carbonyl (C=O) groups excluding carboxylic acids is 1. The first kappa shape index (κ1) is 12.8. The summed E-state index contributed by atoms with van der Waals surface area (Å²) in [5, 5.41) is 9.43. The van der Waals surface area contributed by atoms with Gasteiger partial charge in [-0.15, -0.1) is 5.10 Å². The molecule has 1 aromatic carbocycles. The van der Waals surface area contributed by atoms with E-state index in [1.54, 1.807) is 6.07 Å². The summed E-state index contributed by atoms with van der Waals surface area (Å²) < 4.78 is 13.0. The number of rotatable bonds is 5. The van der Waals surface area contributed by atoms with Gasteiger partial charge in [0, 0.05) is 12.5 Å². The minimum Gasteiger partial charge on any atom is -0.349 e. The molecule has 1 aliphatic rings. The Bertz CT molecular complexity index is 621. The maximum atomic E-state index is 13.0. The number of aromatic amines is 1. The number of amides is 1. The second kappa shape index (κ2) is 5.40. The van der Waals surface area contributed by atoms with Crippen LogP contribution in [0.1, 0.15) is 40.8 Å². The Labute approximate surface area is 115 Å². The molecule has 0 spiro atoms. The molecule has 0 aliphatic heterocycles. The third-order valence-corrected chi connectivity index (χ3v) is 3.26. The van der Waals surface area contributed by atoms with Crippen molar-refractivity contribution in [2.75, 3.05) is 6.54 Å². The van der Waals surface area contributed by atoms with Gasteiger partial charge in [0.05, 0.1) is 0 Å². The molecule has 1 heterocycles. The van der Waals surface area contributed by atoms with Crippen LogP contribution in [0.3, 0.4) is 0 Å². The zero-order chi connectivity index (χ0) is 13.9. The van der Waals surface area contributed by atoms with Gasteiger partial charge in [0.25, 0.3) is 5.91 Å². The second-order valence-corrected chi connectivity index (χ2v) is 4.95. The first-order valence-electron chi connectivity index (χ1n) is 6.67. The summed E-state index contributed by atoms with van der Waals surface area (Å²) in [5.41, 5.74) is 0.846. The molecule has 1 aromatic heterocycles. The van der Waals surface area contributed by atoms with Crippen molar-refractivity contribution in [3.05, 3.63) is 47.3 Å². The van der Waals surface area contributed by atoms with Crippen molar-refractivity contribution >= 4 is 5.91 Å². The number of nitrogens with one attached hydrogen (secondary N) is 2. The van der Waals surface area contributed by atoms with Gasteiger partial charge in [-0.1, -0.05) is 12.1 Å². The van der Waals surface area contributed by atoms with Crippen LogP contribution in [0.4, 0.5) is 4.39 Å². The average Bonchev–Trinajstić information content (AvgIpc) is 3.16. The number of aromatic nitrogens is 3. The van der Waals surface area contributed by atoms with Crippen molar-refractivity contribution in [3.8, 4) is 0 Å². The Balaban J connectivity index is 1.51. The van der Waals surface area contributed by atoms with Gasteiger partial charge in [-0.25, -0.2) is 9.37 Å². The smallest absolute Gasteiger partial charge is 0.290 e. The number of halogens is 1. The molecule has 1 fully saturated rings. The largest absolute Gasteiger partial charge is 0.349 e. The van der Waals surface area contributed by atoms with E-state index in [4.69, 9.17) is 0 Å². The fraction of sp³-hybridized carbons (Fsp3) is 0.357. The van der Waals surface area contributed by atoms with E-state index in [9.17, 15) is 9.18 Å². The molecule has 6 heteroatoms. The lowest BCUT2D eigenvalue weighted by molar-refractivity contribution is 0.0944. The number of hydrogen-bond donors (Lipinski definition) is 2. The van der Waals surface area contributed by atoms with E-state index in [2.05, 4.69) is 20.5 Å². The summed E-state index contributed by atoms with van der Waals surface area (Å²) in [6.45, 7) is 0.426. The van der Waals surface area contributed by atoms with Crippen LogP contribution in [0.5, 0.6) is 0 Å². The van der Waals surface area contributed by atoms with Crippen molar-refractivity contribution in [1.29, 1.82) is 0 Å². The Kier molecular flexibility index (Phi) is 3.45. The Morgan fingerprint density at radius 3 is 3.05 bits per heavy atom. The molecular weight excluding hydrogens is 259 g/mol. The molecule has 1 saturated carbocycles. The normalized spacial score (nSPS) is 14.2. The predicted octanol–water partition coefficient (Wildman–Crippen LogP) is 1.79. The van der Waals surface area contributed by atoms with E-state index < -0.39 is 0 Å². The van der Waals surface area contributed by atoms with Crippen LogP contribution in [0.15, 0.2) is 24.3 Å². The average molecular weight is 274 g/mol. The van der Waals surface area contributed by atoms with Crippen LogP contribution < -0.4 is 5.32 Å². The van der Waals surface area contributed by atoms with Crippen LogP contribution >= 0.6 is 0 Å². The molecule has 0 atom stereocenters. The van der Waals surface area contributed by atoms with Crippen LogP contribution in [0, 0.1) is 5.82 Å². The zero-order valence-corrected chi connectivity index (χ0v) is 10.9. The lowest BCUT2D eigenvalue weighted by Crippen LogP contribution is -2.26. The van der Waals surface area contributed by atoms with E-state index in [-0.39, 0.29) is 17.5 Å². The van der Waals surface area contributed by atoms with E-state index >= 15 is 0 Å². The SMILES string of the molecule is O=C(NCCc1cccc(F)c1)c1n[nH]c(C2CC2)n1. The van der Waals surface area contributed by atoms with Crippen LogP contribution in [0.25, 0.3) is 0 Å². The minimum absolute atomic E-state index is 0.172. The summed E-state index contributed by atoms with van der Waals surface area (Å²) >= 11 is 0. The summed E-state index contributed by atoms with van der Waals surface area (Å²) in [6, 6.07) is 6.34. The highest BCUT2D eigenvalue weighted by Crippen LogP contribution is 2.37. The van der Waals surface area contributed by atoms with Crippen molar-refractivity contribution in [1.82, 2.24) is 20.5 Å². The number of hydrogen-bond acceptors (Lipinski definition) is 3. The van der Waals surface area contributed by atoms with Gasteiger partial charge in [-0.05, 0) is 37.0 Å². The predicted molar refractivity (Wildman–Crippen MR) is 70.8 cm³/mol. The molecule has 5 nitrogen and oxygen atoms in total. The molecular formula is C14H15FN4O. The summed E-state index contributed by atoms with van der Waals surface area (Å²) in [7, 11) is 0. The first-order valence-corrected chi connectivity index (χ1v) is 6.67. The Hall–Kier alpha value is -2.24. The van der Waals surface area contributed by atoms with E-state index in [1.165, 1.54) is 12.1 Å². The maximum Gasteiger partial charge on any atom is 0.290 e. The lowest BCUT2D eigenvalue weighted by Gasteiger charge is -2.03. The topological polar surface area (TPSA) is 70.7 Å². The Morgan fingerprint density at radius 1 is 1.45 bits per heavy atom. The van der Waals surface area contributed by atoms with E-state index in [0.29, 0.717) is 18.9 Å². The van der Waals surface area contributed by atoms with Crippen molar-refractivity contribution in [3.63, 3.8) is 0 Å². The first-order chi connectivity index (χ1) is 9.72. The zero-order valence-electron chi connectivity index (χ0n) is 10.9. The third-order valence-electron chi connectivity index (χ3n) is 3.26. The molecule has 0 bridgehead atoms. The van der Waals surface area contributed by atoms with Crippen molar-refractivity contribution in [2.24, 2.45) is 0 Å². The quantitative estimate of drug-likeness (QED) is 0.873. The highest BCUT2D eigenvalue weighted by molar-refractivity contribution is 5.90.